The number of sulfonamides is 2. The van der Waals surface area contributed by atoms with Crippen molar-refractivity contribution in [3.8, 4) is 0 Å². The fourth-order valence-electron chi connectivity index (χ4n) is 4.42. The number of hydrogen-bond acceptors (Lipinski definition) is 4. The minimum Gasteiger partial charge on any atom is -0.215 e. The van der Waals surface area contributed by atoms with Gasteiger partial charge in [-0.25, -0.2) is 26.3 Å². The average molecular weight is 533 g/mol. The molecule has 0 saturated carbocycles. The highest BCUT2D eigenvalue weighted by molar-refractivity contribution is 7.90. The first kappa shape index (κ1) is 28.6. The van der Waals surface area contributed by atoms with Crippen LogP contribution in [0.25, 0.3) is 5.57 Å². The van der Waals surface area contributed by atoms with Gasteiger partial charge < -0.3 is 0 Å². The van der Waals surface area contributed by atoms with Crippen molar-refractivity contribution in [3.63, 3.8) is 0 Å². The fraction of sp³-hybridized carbons (Fsp3) is 0.500. The van der Waals surface area contributed by atoms with Gasteiger partial charge >= 0.3 is 0 Å². The lowest BCUT2D eigenvalue weighted by atomic mass is 9.80. The zero-order chi connectivity index (χ0) is 26.2. The second kappa shape index (κ2) is 13.0. The van der Waals surface area contributed by atoms with Crippen molar-refractivity contribution in [1.82, 2.24) is 9.44 Å². The van der Waals surface area contributed by atoms with Gasteiger partial charge in [0.05, 0.1) is 11.0 Å². The lowest BCUT2D eigenvalue weighted by Crippen LogP contribution is -2.36. The Bertz CT molecular complexity index is 1210. The van der Waals surface area contributed by atoms with Crippen LogP contribution < -0.4 is 9.44 Å². The highest BCUT2D eigenvalue weighted by Gasteiger charge is 2.23. The van der Waals surface area contributed by atoms with E-state index in [9.17, 15) is 16.8 Å². The lowest BCUT2D eigenvalue weighted by Gasteiger charge is -2.28. The Labute approximate surface area is 217 Å². The summed E-state index contributed by atoms with van der Waals surface area (Å²) >= 11 is 0. The summed E-state index contributed by atoms with van der Waals surface area (Å²) in [6.45, 7) is 6.38. The molecule has 0 fully saturated rings. The van der Waals surface area contributed by atoms with E-state index in [0.29, 0.717) is 31.8 Å². The maximum absolute atomic E-state index is 12.3. The molecule has 0 aromatic heterocycles. The predicted molar refractivity (Wildman–Crippen MR) is 149 cm³/mol. The van der Waals surface area contributed by atoms with E-state index in [0.717, 1.165) is 30.4 Å². The number of rotatable bonds is 13. The molecule has 0 amide bonds. The number of allylic oxidation sites excluding steroid dienone is 2. The summed E-state index contributed by atoms with van der Waals surface area (Å²) < 4.78 is 54.1. The van der Waals surface area contributed by atoms with Crippen molar-refractivity contribution in [2.45, 2.75) is 58.1 Å². The molecule has 0 aliphatic heterocycles. The van der Waals surface area contributed by atoms with Crippen molar-refractivity contribution in [1.29, 1.82) is 0 Å². The lowest BCUT2D eigenvalue weighted by molar-refractivity contribution is 0.334. The Kier molecular flexibility index (Phi) is 10.3. The molecule has 1 aliphatic rings. The van der Waals surface area contributed by atoms with Gasteiger partial charge in [0.2, 0.25) is 20.0 Å². The summed E-state index contributed by atoms with van der Waals surface area (Å²) in [5.74, 6) is 0.848. The standard InChI is InChI=1S/C28H40N2O4S2/c1-22(2)36(33,34)30-21-23(3)26-13-15-28(16-14-26)27-11-9-25(10-12-27)17-19-29-35(31,32)20-18-24-7-5-4-6-8-24/h4-12,15,22-23,26,29-30H,13-14,16-21H2,1-3H3. The molecule has 2 aromatic carbocycles. The molecule has 36 heavy (non-hydrogen) atoms. The third-order valence-corrected chi connectivity index (χ3v) is 10.2. The zero-order valence-corrected chi connectivity index (χ0v) is 23.2. The molecule has 8 heteroatoms. The smallest absolute Gasteiger partial charge is 0.213 e. The average Bonchev–Trinajstić information content (AvgIpc) is 2.87. The topological polar surface area (TPSA) is 92.3 Å². The highest BCUT2D eigenvalue weighted by atomic mass is 32.2. The number of aryl methyl sites for hydroxylation is 1. The molecule has 2 atom stereocenters. The number of benzene rings is 2. The van der Waals surface area contributed by atoms with Gasteiger partial charge in [0.25, 0.3) is 0 Å². The Hall–Kier alpha value is -2.00. The maximum atomic E-state index is 12.3. The molecular formula is C28H40N2O4S2. The van der Waals surface area contributed by atoms with Crippen molar-refractivity contribution in [2.24, 2.45) is 11.8 Å². The molecule has 1 aliphatic carbocycles. The summed E-state index contributed by atoms with van der Waals surface area (Å²) in [5, 5.41) is -0.412. The number of nitrogens with one attached hydrogen (secondary N) is 2. The Morgan fingerprint density at radius 3 is 2.14 bits per heavy atom. The summed E-state index contributed by atoms with van der Waals surface area (Å²) in [4.78, 5) is 0. The van der Waals surface area contributed by atoms with Gasteiger partial charge in [0.15, 0.2) is 0 Å². The van der Waals surface area contributed by atoms with Crippen LogP contribution in [0.15, 0.2) is 60.7 Å². The third kappa shape index (κ3) is 8.83. The first-order valence-electron chi connectivity index (χ1n) is 12.8. The summed E-state index contributed by atoms with van der Waals surface area (Å²) in [5.41, 5.74) is 4.65. The highest BCUT2D eigenvalue weighted by Crippen LogP contribution is 2.34. The van der Waals surface area contributed by atoms with Crippen LogP contribution in [-0.2, 0) is 32.9 Å². The normalized spacial score (nSPS) is 17.7. The van der Waals surface area contributed by atoms with Crippen molar-refractivity contribution >= 4 is 25.6 Å². The van der Waals surface area contributed by atoms with Gasteiger partial charge in [-0.3, -0.25) is 0 Å². The molecule has 0 bridgehead atoms. The molecule has 198 valence electrons. The second-order valence-electron chi connectivity index (χ2n) is 10.1. The van der Waals surface area contributed by atoms with Crippen LogP contribution in [0.4, 0.5) is 0 Å². The van der Waals surface area contributed by atoms with Crippen LogP contribution in [0.3, 0.4) is 0 Å². The molecule has 0 heterocycles. The first-order chi connectivity index (χ1) is 17.1. The quantitative estimate of drug-likeness (QED) is 0.396. The van der Waals surface area contributed by atoms with Crippen LogP contribution >= 0.6 is 0 Å². The molecule has 3 rings (SSSR count). The summed E-state index contributed by atoms with van der Waals surface area (Å²) in [6, 6.07) is 18.0. The first-order valence-corrected chi connectivity index (χ1v) is 16.0. The van der Waals surface area contributed by atoms with Gasteiger partial charge in [-0.05, 0) is 80.1 Å². The van der Waals surface area contributed by atoms with Gasteiger partial charge in [-0.15, -0.1) is 0 Å². The van der Waals surface area contributed by atoms with E-state index in [1.54, 1.807) is 13.8 Å². The van der Waals surface area contributed by atoms with Crippen LogP contribution in [0.2, 0.25) is 0 Å². The Morgan fingerprint density at radius 2 is 1.53 bits per heavy atom. The second-order valence-corrected chi connectivity index (χ2v) is 14.3. The van der Waals surface area contributed by atoms with E-state index in [2.05, 4.69) is 46.7 Å². The molecule has 2 N–H and O–H groups in total. The van der Waals surface area contributed by atoms with E-state index < -0.39 is 25.3 Å². The summed E-state index contributed by atoms with van der Waals surface area (Å²) in [6.07, 6.45) is 6.42. The molecule has 0 spiro atoms. The van der Waals surface area contributed by atoms with Gasteiger partial charge in [0.1, 0.15) is 0 Å². The number of hydrogen-bond donors (Lipinski definition) is 2. The molecule has 0 radical (unpaired) electrons. The van der Waals surface area contributed by atoms with Gasteiger partial charge in [-0.1, -0.05) is 67.6 Å². The Morgan fingerprint density at radius 1 is 0.861 bits per heavy atom. The van der Waals surface area contributed by atoms with E-state index in [-0.39, 0.29) is 11.7 Å². The molecular weight excluding hydrogens is 492 g/mol. The van der Waals surface area contributed by atoms with Crippen molar-refractivity contribution in [3.05, 3.63) is 77.4 Å². The monoisotopic (exact) mass is 532 g/mol. The van der Waals surface area contributed by atoms with E-state index in [1.807, 2.05) is 30.3 Å². The third-order valence-electron chi connectivity index (χ3n) is 7.05. The van der Waals surface area contributed by atoms with Crippen LogP contribution in [0, 0.1) is 11.8 Å². The van der Waals surface area contributed by atoms with E-state index >= 15 is 0 Å². The van der Waals surface area contributed by atoms with E-state index in [4.69, 9.17) is 0 Å². The van der Waals surface area contributed by atoms with Crippen LogP contribution in [0.5, 0.6) is 0 Å². The van der Waals surface area contributed by atoms with Crippen LogP contribution in [0.1, 0.15) is 56.7 Å². The molecule has 2 unspecified atom stereocenters. The van der Waals surface area contributed by atoms with Gasteiger partial charge in [-0.2, -0.15) is 0 Å². The molecule has 6 nitrogen and oxygen atoms in total. The minimum absolute atomic E-state index is 0.0906. The SMILES string of the molecule is CC(CNS(=O)(=O)C(C)C)C1CC=C(c2ccc(CCNS(=O)(=O)CCc3ccccc3)cc2)CC1. The van der Waals surface area contributed by atoms with E-state index in [1.165, 1.54) is 11.1 Å². The maximum Gasteiger partial charge on any atom is 0.213 e. The summed E-state index contributed by atoms with van der Waals surface area (Å²) in [7, 11) is -6.52. The molecule has 0 saturated heterocycles. The Balaban J connectivity index is 1.43. The molecule has 2 aromatic rings. The fourth-order valence-corrected chi connectivity index (χ4v) is 6.31. The predicted octanol–water partition coefficient (Wildman–Crippen LogP) is 4.54. The van der Waals surface area contributed by atoms with Gasteiger partial charge in [0, 0.05) is 13.1 Å². The van der Waals surface area contributed by atoms with Crippen molar-refractivity contribution in [2.75, 3.05) is 18.8 Å². The largest absolute Gasteiger partial charge is 0.215 e. The minimum atomic E-state index is -3.30. The zero-order valence-electron chi connectivity index (χ0n) is 21.6. The van der Waals surface area contributed by atoms with Crippen LogP contribution in [-0.4, -0.2) is 40.9 Å². The van der Waals surface area contributed by atoms with Crippen molar-refractivity contribution < 1.29 is 16.8 Å².